The molecule has 1 aromatic rings. The van der Waals surface area contributed by atoms with Gasteiger partial charge >= 0.3 is 0 Å². The molecule has 0 bridgehead atoms. The van der Waals surface area contributed by atoms with Crippen LogP contribution in [0.1, 0.15) is 39.0 Å². The molecule has 1 aliphatic heterocycles. The van der Waals surface area contributed by atoms with Gasteiger partial charge in [-0.1, -0.05) is 19.8 Å². The van der Waals surface area contributed by atoms with Crippen LogP contribution >= 0.6 is 11.8 Å². The molecule has 1 saturated heterocycles. The highest BCUT2D eigenvalue weighted by atomic mass is 32.2. The minimum absolute atomic E-state index is 0.0235. The maximum Gasteiger partial charge on any atom is 0.232 e. The van der Waals surface area contributed by atoms with Crippen molar-refractivity contribution in [3.05, 3.63) is 30.1 Å². The van der Waals surface area contributed by atoms with Crippen molar-refractivity contribution in [2.75, 3.05) is 25.4 Å². The molecule has 1 fully saturated rings. The van der Waals surface area contributed by atoms with E-state index in [9.17, 15) is 14.0 Å². The Kier molecular flexibility index (Phi) is 8.25. The summed E-state index contributed by atoms with van der Waals surface area (Å²) in [6.45, 7) is 4.16. The molecule has 1 N–H and O–H groups in total. The second-order valence-corrected chi connectivity index (χ2v) is 7.44. The van der Waals surface area contributed by atoms with E-state index in [-0.39, 0.29) is 23.5 Å². The predicted octanol–water partition coefficient (Wildman–Crippen LogP) is 3.46. The Morgan fingerprint density at radius 3 is 2.52 bits per heavy atom. The molecule has 0 aromatic heterocycles. The minimum Gasteiger partial charge on any atom is -0.356 e. The lowest BCUT2D eigenvalue weighted by Gasteiger charge is -2.31. The maximum atomic E-state index is 12.9. The second kappa shape index (κ2) is 10.4. The van der Waals surface area contributed by atoms with E-state index < -0.39 is 0 Å². The first-order chi connectivity index (χ1) is 12.1. The predicted molar refractivity (Wildman–Crippen MR) is 99.0 cm³/mol. The Hall–Kier alpha value is -1.56. The van der Waals surface area contributed by atoms with Gasteiger partial charge in [-0.15, -0.1) is 11.8 Å². The third-order valence-corrected chi connectivity index (χ3v) is 5.47. The molecule has 1 heterocycles. The van der Waals surface area contributed by atoms with Crippen molar-refractivity contribution in [2.45, 2.75) is 43.9 Å². The fourth-order valence-corrected chi connectivity index (χ4v) is 3.69. The van der Waals surface area contributed by atoms with Gasteiger partial charge in [-0.2, -0.15) is 0 Å². The van der Waals surface area contributed by atoms with Crippen LogP contribution in [0.2, 0.25) is 0 Å². The van der Waals surface area contributed by atoms with Crippen molar-refractivity contribution in [3.63, 3.8) is 0 Å². The number of carbonyl (C=O) groups excluding carboxylic acids is 2. The summed E-state index contributed by atoms with van der Waals surface area (Å²) in [5.74, 6) is 0.306. The third kappa shape index (κ3) is 6.69. The van der Waals surface area contributed by atoms with E-state index in [1.165, 1.54) is 23.9 Å². The number of nitrogens with one attached hydrogen (secondary N) is 1. The Bertz CT molecular complexity index is 557. The summed E-state index contributed by atoms with van der Waals surface area (Å²) in [4.78, 5) is 27.1. The lowest BCUT2D eigenvalue weighted by Crippen LogP contribution is -2.43. The van der Waals surface area contributed by atoms with Gasteiger partial charge in [0.1, 0.15) is 5.82 Å². The number of piperidine rings is 1. The SMILES string of the molecule is CCCCCNC(=O)C1CCN(C(=O)CSc2ccc(F)cc2)CC1. The van der Waals surface area contributed by atoms with Gasteiger partial charge < -0.3 is 10.2 Å². The van der Waals surface area contributed by atoms with Gasteiger partial charge in [0, 0.05) is 30.4 Å². The van der Waals surface area contributed by atoms with E-state index >= 15 is 0 Å². The smallest absolute Gasteiger partial charge is 0.232 e. The number of halogens is 1. The molecular weight excluding hydrogens is 339 g/mol. The van der Waals surface area contributed by atoms with Gasteiger partial charge in [0.25, 0.3) is 0 Å². The molecule has 2 rings (SSSR count). The molecule has 0 saturated carbocycles. The molecule has 0 atom stereocenters. The molecule has 1 aliphatic rings. The molecule has 25 heavy (non-hydrogen) atoms. The van der Waals surface area contributed by atoms with Crippen molar-refractivity contribution >= 4 is 23.6 Å². The zero-order valence-electron chi connectivity index (χ0n) is 14.8. The molecule has 6 heteroatoms. The van der Waals surface area contributed by atoms with E-state index in [4.69, 9.17) is 0 Å². The summed E-state index contributed by atoms with van der Waals surface area (Å²) in [5.41, 5.74) is 0. The maximum absolute atomic E-state index is 12.9. The highest BCUT2D eigenvalue weighted by Crippen LogP contribution is 2.21. The zero-order chi connectivity index (χ0) is 18.1. The zero-order valence-corrected chi connectivity index (χ0v) is 15.6. The number of carbonyl (C=O) groups is 2. The summed E-state index contributed by atoms with van der Waals surface area (Å²) in [6, 6.07) is 6.17. The summed E-state index contributed by atoms with van der Waals surface area (Å²) in [5, 5.41) is 3.01. The molecule has 2 amide bonds. The number of unbranched alkanes of at least 4 members (excludes halogenated alkanes) is 2. The molecular formula is C19H27FN2O2S. The quantitative estimate of drug-likeness (QED) is 0.566. The fourth-order valence-electron chi connectivity index (χ4n) is 2.89. The standard InChI is InChI=1S/C19H27FN2O2S/c1-2-3-4-11-21-19(24)15-9-12-22(13-10-15)18(23)14-25-17-7-5-16(20)6-8-17/h5-8,15H,2-4,9-14H2,1H3,(H,21,24). The monoisotopic (exact) mass is 366 g/mol. The Morgan fingerprint density at radius 1 is 1.20 bits per heavy atom. The van der Waals surface area contributed by atoms with Crippen LogP contribution in [0, 0.1) is 11.7 Å². The van der Waals surface area contributed by atoms with E-state index in [0.29, 0.717) is 18.8 Å². The molecule has 1 aromatic carbocycles. The highest BCUT2D eigenvalue weighted by molar-refractivity contribution is 8.00. The van der Waals surface area contributed by atoms with Crippen LogP contribution in [0.25, 0.3) is 0 Å². The van der Waals surface area contributed by atoms with Crippen LogP contribution < -0.4 is 5.32 Å². The molecule has 0 unspecified atom stereocenters. The normalized spacial score (nSPS) is 15.2. The van der Waals surface area contributed by atoms with Crippen molar-refractivity contribution in [1.82, 2.24) is 10.2 Å². The molecule has 0 aliphatic carbocycles. The van der Waals surface area contributed by atoms with Gasteiger partial charge in [0.2, 0.25) is 11.8 Å². The van der Waals surface area contributed by atoms with E-state index in [0.717, 1.165) is 43.5 Å². The lowest BCUT2D eigenvalue weighted by atomic mass is 9.96. The van der Waals surface area contributed by atoms with Crippen molar-refractivity contribution in [2.24, 2.45) is 5.92 Å². The summed E-state index contributed by atoms with van der Waals surface area (Å²) in [7, 11) is 0. The Balaban J connectivity index is 1.67. The second-order valence-electron chi connectivity index (χ2n) is 6.40. The van der Waals surface area contributed by atoms with Crippen LogP contribution in [0.15, 0.2) is 29.2 Å². The van der Waals surface area contributed by atoms with Gasteiger partial charge in [-0.05, 0) is 43.5 Å². The van der Waals surface area contributed by atoms with Crippen LogP contribution in [-0.2, 0) is 9.59 Å². The number of amides is 2. The molecule has 4 nitrogen and oxygen atoms in total. The molecule has 0 spiro atoms. The van der Waals surface area contributed by atoms with Gasteiger partial charge in [-0.3, -0.25) is 9.59 Å². The van der Waals surface area contributed by atoms with Crippen LogP contribution in [0.5, 0.6) is 0 Å². The average molecular weight is 367 g/mol. The number of nitrogens with zero attached hydrogens (tertiary/aromatic N) is 1. The third-order valence-electron chi connectivity index (χ3n) is 4.47. The van der Waals surface area contributed by atoms with Crippen molar-refractivity contribution in [3.8, 4) is 0 Å². The lowest BCUT2D eigenvalue weighted by molar-refractivity contribution is -0.133. The summed E-state index contributed by atoms with van der Waals surface area (Å²) in [6.07, 6.45) is 4.77. The van der Waals surface area contributed by atoms with Crippen LogP contribution in [0.3, 0.4) is 0 Å². The first kappa shape index (κ1) is 19.8. The van der Waals surface area contributed by atoms with E-state index in [1.54, 1.807) is 12.1 Å². The number of likely N-dealkylation sites (tertiary alicyclic amines) is 1. The number of thioether (sulfide) groups is 1. The van der Waals surface area contributed by atoms with E-state index in [1.807, 2.05) is 4.90 Å². The first-order valence-corrected chi connectivity index (χ1v) is 10.0. The number of rotatable bonds is 8. The highest BCUT2D eigenvalue weighted by Gasteiger charge is 2.26. The Labute approximate surface area is 153 Å². The summed E-state index contributed by atoms with van der Waals surface area (Å²) >= 11 is 1.42. The molecule has 138 valence electrons. The van der Waals surface area contributed by atoms with Crippen molar-refractivity contribution < 1.29 is 14.0 Å². The number of hydrogen-bond acceptors (Lipinski definition) is 3. The summed E-state index contributed by atoms with van der Waals surface area (Å²) < 4.78 is 12.9. The molecule has 0 radical (unpaired) electrons. The largest absolute Gasteiger partial charge is 0.356 e. The minimum atomic E-state index is -0.272. The van der Waals surface area contributed by atoms with E-state index in [2.05, 4.69) is 12.2 Å². The number of benzene rings is 1. The van der Waals surface area contributed by atoms with Crippen LogP contribution in [-0.4, -0.2) is 42.1 Å². The van der Waals surface area contributed by atoms with Gasteiger partial charge in [0.05, 0.1) is 5.75 Å². The Morgan fingerprint density at radius 2 is 1.88 bits per heavy atom. The fraction of sp³-hybridized carbons (Fsp3) is 0.579. The average Bonchev–Trinajstić information content (AvgIpc) is 2.64. The van der Waals surface area contributed by atoms with Crippen molar-refractivity contribution in [1.29, 1.82) is 0 Å². The number of hydrogen-bond donors (Lipinski definition) is 1. The van der Waals surface area contributed by atoms with Gasteiger partial charge in [0.15, 0.2) is 0 Å². The topological polar surface area (TPSA) is 49.4 Å². The van der Waals surface area contributed by atoms with Crippen LogP contribution in [0.4, 0.5) is 4.39 Å². The first-order valence-electron chi connectivity index (χ1n) is 9.04. The van der Waals surface area contributed by atoms with Gasteiger partial charge in [-0.25, -0.2) is 4.39 Å².